The van der Waals surface area contributed by atoms with E-state index in [4.69, 9.17) is 0 Å². The van der Waals surface area contributed by atoms with Crippen molar-refractivity contribution in [1.82, 2.24) is 9.55 Å². The Morgan fingerprint density at radius 2 is 2.06 bits per heavy atom. The largest absolute Gasteiger partial charge is 0.330 e. The molecule has 1 atom stereocenters. The normalized spacial score (nSPS) is 12.3. The van der Waals surface area contributed by atoms with Gasteiger partial charge in [0.2, 0.25) is 0 Å². The molecule has 0 aliphatic carbocycles. The first-order valence-corrected chi connectivity index (χ1v) is 4.90. The highest BCUT2D eigenvalue weighted by atomic mass is 16.6. The van der Waals surface area contributed by atoms with E-state index in [1.807, 2.05) is 17.7 Å². The van der Waals surface area contributed by atoms with E-state index in [-0.39, 0.29) is 11.7 Å². The number of nitro benzene ring substituents is 1. The van der Waals surface area contributed by atoms with Crippen LogP contribution >= 0.6 is 0 Å². The maximum absolute atomic E-state index is 10.5. The molecule has 1 heterocycles. The van der Waals surface area contributed by atoms with Crippen molar-refractivity contribution in [2.24, 2.45) is 0 Å². The average molecular weight is 217 g/mol. The Bertz CT molecular complexity index is 476. The maximum atomic E-state index is 10.5. The molecule has 0 spiro atoms. The zero-order chi connectivity index (χ0) is 11.5. The van der Waals surface area contributed by atoms with Crippen molar-refractivity contribution < 1.29 is 4.92 Å². The molecule has 1 aromatic heterocycles. The molecule has 16 heavy (non-hydrogen) atoms. The number of non-ortho nitro benzene ring substituents is 1. The van der Waals surface area contributed by atoms with Crippen molar-refractivity contribution in [2.45, 2.75) is 13.0 Å². The van der Waals surface area contributed by atoms with Crippen LogP contribution in [-0.4, -0.2) is 14.5 Å². The second kappa shape index (κ2) is 4.14. The van der Waals surface area contributed by atoms with Gasteiger partial charge in [0.25, 0.3) is 5.69 Å². The number of hydrogen-bond acceptors (Lipinski definition) is 3. The Kier molecular flexibility index (Phi) is 2.68. The van der Waals surface area contributed by atoms with E-state index < -0.39 is 4.92 Å². The van der Waals surface area contributed by atoms with E-state index >= 15 is 0 Å². The Labute approximate surface area is 92.5 Å². The topological polar surface area (TPSA) is 61.0 Å². The lowest BCUT2D eigenvalue weighted by atomic mass is 10.1. The van der Waals surface area contributed by atoms with Crippen molar-refractivity contribution in [3.05, 3.63) is 58.7 Å². The molecule has 82 valence electrons. The van der Waals surface area contributed by atoms with Crippen LogP contribution in [0.1, 0.15) is 18.5 Å². The van der Waals surface area contributed by atoms with Gasteiger partial charge in [-0.3, -0.25) is 10.1 Å². The van der Waals surface area contributed by atoms with E-state index in [0.29, 0.717) is 0 Å². The molecule has 0 amide bonds. The van der Waals surface area contributed by atoms with Crippen LogP contribution in [0.25, 0.3) is 0 Å². The summed E-state index contributed by atoms with van der Waals surface area (Å²) >= 11 is 0. The highest BCUT2D eigenvalue weighted by Crippen LogP contribution is 2.20. The molecular weight excluding hydrogens is 206 g/mol. The molecule has 2 rings (SSSR count). The SMILES string of the molecule is CC(c1ccc([N+](=O)[O-])cc1)n1ccnc1. The number of nitrogens with zero attached hydrogens (tertiary/aromatic N) is 3. The minimum atomic E-state index is -0.397. The van der Waals surface area contributed by atoms with E-state index in [1.54, 1.807) is 24.7 Å². The highest BCUT2D eigenvalue weighted by molar-refractivity contribution is 5.34. The van der Waals surface area contributed by atoms with Crippen LogP contribution in [0.3, 0.4) is 0 Å². The lowest BCUT2D eigenvalue weighted by Gasteiger charge is -2.12. The number of rotatable bonds is 3. The highest BCUT2D eigenvalue weighted by Gasteiger charge is 2.09. The van der Waals surface area contributed by atoms with E-state index in [2.05, 4.69) is 4.98 Å². The first-order valence-electron chi connectivity index (χ1n) is 4.90. The Balaban J connectivity index is 2.25. The zero-order valence-electron chi connectivity index (χ0n) is 8.78. The minimum absolute atomic E-state index is 0.113. The summed E-state index contributed by atoms with van der Waals surface area (Å²) in [5.74, 6) is 0. The summed E-state index contributed by atoms with van der Waals surface area (Å²) < 4.78 is 1.95. The Morgan fingerprint density at radius 1 is 1.38 bits per heavy atom. The van der Waals surface area contributed by atoms with Gasteiger partial charge in [-0.15, -0.1) is 0 Å². The molecule has 2 aromatic rings. The van der Waals surface area contributed by atoms with Crippen LogP contribution < -0.4 is 0 Å². The van der Waals surface area contributed by atoms with E-state index in [9.17, 15) is 10.1 Å². The molecule has 1 aromatic carbocycles. The molecular formula is C11H11N3O2. The first-order chi connectivity index (χ1) is 7.68. The molecule has 0 saturated heterocycles. The van der Waals surface area contributed by atoms with Crippen LogP contribution in [-0.2, 0) is 0 Å². The second-order valence-electron chi connectivity index (χ2n) is 3.53. The fourth-order valence-electron chi connectivity index (χ4n) is 1.55. The Morgan fingerprint density at radius 3 is 2.56 bits per heavy atom. The molecule has 5 heteroatoms. The molecule has 0 fully saturated rings. The number of hydrogen-bond donors (Lipinski definition) is 0. The van der Waals surface area contributed by atoms with Crippen LogP contribution in [0, 0.1) is 10.1 Å². The summed E-state index contributed by atoms with van der Waals surface area (Å²) in [6, 6.07) is 6.69. The van der Waals surface area contributed by atoms with Gasteiger partial charge in [-0.05, 0) is 12.5 Å². The summed E-state index contributed by atoms with van der Waals surface area (Å²) in [5.41, 5.74) is 1.13. The van der Waals surface area contributed by atoms with Gasteiger partial charge in [0.1, 0.15) is 0 Å². The lowest BCUT2D eigenvalue weighted by Crippen LogP contribution is -2.04. The van der Waals surface area contributed by atoms with Crippen molar-refractivity contribution in [2.75, 3.05) is 0 Å². The smallest absolute Gasteiger partial charge is 0.269 e. The first kappa shape index (κ1) is 10.4. The molecule has 5 nitrogen and oxygen atoms in total. The molecule has 1 unspecified atom stereocenters. The Hall–Kier alpha value is -2.17. The number of imidazole rings is 1. The summed E-state index contributed by atoms with van der Waals surface area (Å²) in [4.78, 5) is 14.1. The third kappa shape index (κ3) is 1.93. The lowest BCUT2D eigenvalue weighted by molar-refractivity contribution is -0.384. The van der Waals surface area contributed by atoms with E-state index in [0.717, 1.165) is 5.56 Å². The number of benzene rings is 1. The summed E-state index contributed by atoms with van der Waals surface area (Å²) in [7, 11) is 0. The van der Waals surface area contributed by atoms with Crippen LogP contribution in [0.15, 0.2) is 43.0 Å². The predicted molar refractivity (Wildman–Crippen MR) is 59.1 cm³/mol. The standard InChI is InChI=1S/C11H11N3O2/c1-9(13-7-6-12-8-13)10-2-4-11(5-3-10)14(15)16/h2-9H,1H3. The molecule has 0 radical (unpaired) electrons. The second-order valence-corrected chi connectivity index (χ2v) is 3.53. The summed E-state index contributed by atoms with van der Waals surface area (Å²) in [6.45, 7) is 2.02. The van der Waals surface area contributed by atoms with Gasteiger partial charge in [-0.25, -0.2) is 4.98 Å². The fraction of sp³-hybridized carbons (Fsp3) is 0.182. The number of nitro groups is 1. The van der Waals surface area contributed by atoms with Crippen molar-refractivity contribution in [1.29, 1.82) is 0 Å². The van der Waals surface area contributed by atoms with Crippen LogP contribution in [0.5, 0.6) is 0 Å². The van der Waals surface area contributed by atoms with Gasteiger partial charge in [-0.2, -0.15) is 0 Å². The van der Waals surface area contributed by atoms with Gasteiger partial charge >= 0.3 is 0 Å². The molecule has 0 aliphatic rings. The van der Waals surface area contributed by atoms with Crippen molar-refractivity contribution in [3.63, 3.8) is 0 Å². The van der Waals surface area contributed by atoms with Gasteiger partial charge in [0.05, 0.1) is 17.3 Å². The molecule has 0 N–H and O–H groups in total. The molecule has 0 aliphatic heterocycles. The maximum Gasteiger partial charge on any atom is 0.269 e. The van der Waals surface area contributed by atoms with Crippen LogP contribution in [0.4, 0.5) is 5.69 Å². The zero-order valence-corrected chi connectivity index (χ0v) is 8.78. The number of aromatic nitrogens is 2. The summed E-state index contributed by atoms with van der Waals surface area (Å²) in [5, 5.41) is 10.5. The predicted octanol–water partition coefficient (Wildman–Crippen LogP) is 2.40. The third-order valence-corrected chi connectivity index (χ3v) is 2.56. The van der Waals surface area contributed by atoms with Gasteiger partial charge in [0.15, 0.2) is 0 Å². The van der Waals surface area contributed by atoms with E-state index in [1.165, 1.54) is 12.1 Å². The minimum Gasteiger partial charge on any atom is -0.330 e. The molecule has 0 saturated carbocycles. The van der Waals surface area contributed by atoms with Crippen molar-refractivity contribution in [3.8, 4) is 0 Å². The quantitative estimate of drug-likeness (QED) is 0.585. The molecule has 0 bridgehead atoms. The van der Waals surface area contributed by atoms with Gasteiger partial charge < -0.3 is 4.57 Å². The van der Waals surface area contributed by atoms with Gasteiger partial charge in [-0.1, -0.05) is 12.1 Å². The third-order valence-electron chi connectivity index (χ3n) is 2.56. The fourth-order valence-corrected chi connectivity index (χ4v) is 1.55. The van der Waals surface area contributed by atoms with Gasteiger partial charge in [0, 0.05) is 24.5 Å². The monoisotopic (exact) mass is 217 g/mol. The average Bonchev–Trinajstić information content (AvgIpc) is 2.81. The van der Waals surface area contributed by atoms with Crippen molar-refractivity contribution >= 4 is 5.69 Å². The van der Waals surface area contributed by atoms with Crippen LogP contribution in [0.2, 0.25) is 0 Å². The summed E-state index contributed by atoms with van der Waals surface area (Å²) in [6.07, 6.45) is 5.31.